The molecule has 24 heavy (non-hydrogen) atoms. The molecule has 1 aromatic heterocycles. The van der Waals surface area contributed by atoms with Crippen molar-refractivity contribution in [1.29, 1.82) is 0 Å². The Balaban J connectivity index is 1.52. The number of aryl methyl sites for hydroxylation is 1. The molecule has 2 saturated heterocycles. The number of rotatable bonds is 6. The monoisotopic (exact) mass is 334 g/mol. The number of aromatic amines is 1. The molecule has 3 rings (SSSR count). The maximum atomic E-state index is 12.4. The third-order valence-electron chi connectivity index (χ3n) is 5.50. The molecular formula is C18H30N4O2. The number of hydrogen-bond acceptors (Lipinski definition) is 4. The summed E-state index contributed by atoms with van der Waals surface area (Å²) in [7, 11) is 0. The van der Waals surface area contributed by atoms with Gasteiger partial charge in [-0.3, -0.25) is 14.8 Å². The van der Waals surface area contributed by atoms with Gasteiger partial charge >= 0.3 is 0 Å². The summed E-state index contributed by atoms with van der Waals surface area (Å²) in [5.41, 5.74) is 1.08. The summed E-state index contributed by atoms with van der Waals surface area (Å²) in [6.07, 6.45) is 7.14. The van der Waals surface area contributed by atoms with Crippen molar-refractivity contribution in [3.8, 4) is 0 Å². The Morgan fingerprint density at radius 3 is 2.88 bits per heavy atom. The Hall–Kier alpha value is -1.40. The molecule has 2 aliphatic heterocycles. The van der Waals surface area contributed by atoms with Crippen LogP contribution in [0.1, 0.15) is 38.7 Å². The van der Waals surface area contributed by atoms with Crippen molar-refractivity contribution in [2.45, 2.75) is 51.6 Å². The van der Waals surface area contributed by atoms with E-state index >= 15 is 0 Å². The first-order valence-electron chi connectivity index (χ1n) is 9.22. The summed E-state index contributed by atoms with van der Waals surface area (Å²) >= 11 is 0. The Kier molecular flexibility index (Phi) is 5.89. The van der Waals surface area contributed by atoms with Gasteiger partial charge in [0, 0.05) is 51.0 Å². The molecule has 1 aromatic rings. The normalized spacial score (nSPS) is 26.1. The number of carbonyl (C=O) groups is 1. The lowest BCUT2D eigenvalue weighted by atomic mass is 9.91. The van der Waals surface area contributed by atoms with E-state index in [1.165, 1.54) is 0 Å². The molecular weight excluding hydrogens is 304 g/mol. The lowest BCUT2D eigenvalue weighted by molar-refractivity contribution is -0.122. The molecule has 1 amide bonds. The number of amides is 1. The maximum Gasteiger partial charge on any atom is 0.220 e. The molecule has 2 atom stereocenters. The summed E-state index contributed by atoms with van der Waals surface area (Å²) in [4.78, 5) is 14.9. The number of aromatic nitrogens is 2. The molecule has 134 valence electrons. The van der Waals surface area contributed by atoms with E-state index in [1.54, 1.807) is 6.20 Å². The minimum atomic E-state index is 0.153. The van der Waals surface area contributed by atoms with Crippen LogP contribution >= 0.6 is 0 Å². The van der Waals surface area contributed by atoms with Crippen LogP contribution in [0.3, 0.4) is 0 Å². The summed E-state index contributed by atoms with van der Waals surface area (Å²) < 4.78 is 5.49. The second-order valence-electron chi connectivity index (χ2n) is 7.49. The van der Waals surface area contributed by atoms with Crippen LogP contribution in [0.5, 0.6) is 0 Å². The first kappa shape index (κ1) is 17.4. The zero-order chi connectivity index (χ0) is 16.9. The highest BCUT2D eigenvalue weighted by Crippen LogP contribution is 2.28. The zero-order valence-electron chi connectivity index (χ0n) is 14.8. The molecule has 6 heteroatoms. The largest absolute Gasteiger partial charge is 0.381 e. The van der Waals surface area contributed by atoms with Crippen LogP contribution in [0, 0.1) is 11.8 Å². The summed E-state index contributed by atoms with van der Waals surface area (Å²) in [6.45, 7) is 8.34. The molecule has 0 aromatic carbocycles. The van der Waals surface area contributed by atoms with Gasteiger partial charge in [-0.2, -0.15) is 5.10 Å². The zero-order valence-corrected chi connectivity index (χ0v) is 14.8. The van der Waals surface area contributed by atoms with E-state index in [0.717, 1.165) is 51.1 Å². The van der Waals surface area contributed by atoms with Crippen LogP contribution in [0.2, 0.25) is 0 Å². The molecule has 0 radical (unpaired) electrons. The van der Waals surface area contributed by atoms with E-state index < -0.39 is 0 Å². The van der Waals surface area contributed by atoms with E-state index in [9.17, 15) is 4.79 Å². The first-order valence-corrected chi connectivity index (χ1v) is 9.22. The van der Waals surface area contributed by atoms with Gasteiger partial charge in [0.15, 0.2) is 0 Å². The molecule has 2 N–H and O–H groups in total. The average Bonchev–Trinajstić information content (AvgIpc) is 3.23. The fraction of sp³-hybridized carbons (Fsp3) is 0.778. The quantitative estimate of drug-likeness (QED) is 0.829. The van der Waals surface area contributed by atoms with Gasteiger partial charge in [-0.05, 0) is 36.7 Å². The lowest BCUT2D eigenvalue weighted by Crippen LogP contribution is -2.43. The highest BCUT2D eigenvalue weighted by Gasteiger charge is 2.38. The van der Waals surface area contributed by atoms with Crippen LogP contribution in [-0.4, -0.2) is 59.4 Å². The SMILES string of the molecule is CC(C)[C@H]1CN(C2CCOCC2)C[C@@H]1NC(=O)CCc1cn[nH]c1. The third kappa shape index (κ3) is 4.36. The van der Waals surface area contributed by atoms with E-state index in [1.807, 2.05) is 6.20 Å². The number of nitrogens with one attached hydrogen (secondary N) is 2. The predicted molar refractivity (Wildman–Crippen MR) is 92.6 cm³/mol. The molecule has 0 aliphatic carbocycles. The van der Waals surface area contributed by atoms with Gasteiger partial charge in [0.2, 0.25) is 5.91 Å². The smallest absolute Gasteiger partial charge is 0.220 e. The van der Waals surface area contributed by atoms with Crippen molar-refractivity contribution in [2.24, 2.45) is 11.8 Å². The molecule has 6 nitrogen and oxygen atoms in total. The van der Waals surface area contributed by atoms with Gasteiger partial charge in [0.05, 0.1) is 6.20 Å². The predicted octanol–water partition coefficient (Wildman–Crippen LogP) is 1.59. The maximum absolute atomic E-state index is 12.4. The lowest BCUT2D eigenvalue weighted by Gasteiger charge is -2.31. The van der Waals surface area contributed by atoms with Crippen molar-refractivity contribution in [1.82, 2.24) is 20.4 Å². The summed E-state index contributed by atoms with van der Waals surface area (Å²) in [5, 5.41) is 10.0. The van der Waals surface area contributed by atoms with E-state index in [4.69, 9.17) is 4.74 Å². The van der Waals surface area contributed by atoms with Crippen LogP contribution in [0.15, 0.2) is 12.4 Å². The molecule has 3 heterocycles. The van der Waals surface area contributed by atoms with Crippen LogP contribution in [-0.2, 0) is 16.0 Å². The van der Waals surface area contributed by atoms with Crippen LogP contribution in [0.25, 0.3) is 0 Å². The standard InChI is InChI=1S/C18H30N4O2/c1-13(2)16-11-22(15-5-7-24-8-6-15)12-17(16)21-18(23)4-3-14-9-19-20-10-14/h9-10,13,15-17H,3-8,11-12H2,1-2H3,(H,19,20)(H,21,23)/t16-,17+/m1/s1. The molecule has 0 bridgehead atoms. The highest BCUT2D eigenvalue weighted by atomic mass is 16.5. The molecule has 2 aliphatic rings. The van der Waals surface area contributed by atoms with Crippen LogP contribution in [0.4, 0.5) is 0 Å². The highest BCUT2D eigenvalue weighted by molar-refractivity contribution is 5.76. The molecule has 0 saturated carbocycles. The van der Waals surface area contributed by atoms with Crippen molar-refractivity contribution in [3.63, 3.8) is 0 Å². The fourth-order valence-electron chi connectivity index (χ4n) is 3.99. The summed E-state index contributed by atoms with van der Waals surface area (Å²) in [6, 6.07) is 0.887. The number of likely N-dealkylation sites (tertiary alicyclic amines) is 1. The van der Waals surface area contributed by atoms with Gasteiger partial charge in [-0.1, -0.05) is 13.8 Å². The average molecular weight is 334 g/mol. The van der Waals surface area contributed by atoms with Gasteiger partial charge in [-0.15, -0.1) is 0 Å². The second-order valence-corrected chi connectivity index (χ2v) is 7.49. The van der Waals surface area contributed by atoms with Gasteiger partial charge in [0.1, 0.15) is 0 Å². The second kappa shape index (κ2) is 8.12. The number of carbonyl (C=O) groups excluding carboxylic acids is 1. The molecule has 2 fully saturated rings. The third-order valence-corrected chi connectivity index (χ3v) is 5.50. The Morgan fingerprint density at radius 2 is 2.21 bits per heavy atom. The number of hydrogen-bond donors (Lipinski definition) is 2. The van der Waals surface area contributed by atoms with Crippen LogP contribution < -0.4 is 5.32 Å². The first-order chi connectivity index (χ1) is 11.6. The van der Waals surface area contributed by atoms with Crippen molar-refractivity contribution in [2.75, 3.05) is 26.3 Å². The Labute approximate surface area is 144 Å². The van der Waals surface area contributed by atoms with E-state index in [0.29, 0.717) is 24.3 Å². The minimum absolute atomic E-state index is 0.153. The molecule has 0 spiro atoms. The molecule has 0 unspecified atom stereocenters. The topological polar surface area (TPSA) is 70.2 Å². The Bertz CT molecular complexity index is 511. The Morgan fingerprint density at radius 1 is 1.42 bits per heavy atom. The fourth-order valence-corrected chi connectivity index (χ4v) is 3.99. The van der Waals surface area contributed by atoms with Gasteiger partial charge in [-0.25, -0.2) is 0 Å². The van der Waals surface area contributed by atoms with Crippen molar-refractivity contribution >= 4 is 5.91 Å². The van der Waals surface area contributed by atoms with E-state index in [2.05, 4.69) is 34.3 Å². The number of ether oxygens (including phenoxy) is 1. The minimum Gasteiger partial charge on any atom is -0.381 e. The van der Waals surface area contributed by atoms with Gasteiger partial charge in [0.25, 0.3) is 0 Å². The van der Waals surface area contributed by atoms with Crippen molar-refractivity contribution < 1.29 is 9.53 Å². The summed E-state index contributed by atoms with van der Waals surface area (Å²) in [5.74, 6) is 1.26. The van der Waals surface area contributed by atoms with Gasteiger partial charge < -0.3 is 10.1 Å². The number of nitrogens with zero attached hydrogens (tertiary/aromatic N) is 2. The van der Waals surface area contributed by atoms with Crippen molar-refractivity contribution in [3.05, 3.63) is 18.0 Å². The van der Waals surface area contributed by atoms with E-state index in [-0.39, 0.29) is 11.9 Å². The number of H-pyrrole nitrogens is 1.